The molecular formula is C17H27NO. The summed E-state index contributed by atoms with van der Waals surface area (Å²) in [5.74, 6) is 1.03. The number of rotatable bonds is 3. The smallest absolute Gasteiger partial charge is 0.122 e. The summed E-state index contributed by atoms with van der Waals surface area (Å²) in [6.45, 7) is 10.1. The molecule has 1 fully saturated rings. The molecule has 0 bridgehead atoms. The second kappa shape index (κ2) is 5.54. The van der Waals surface area contributed by atoms with Crippen LogP contribution < -0.4 is 10.1 Å². The topological polar surface area (TPSA) is 21.3 Å². The van der Waals surface area contributed by atoms with Gasteiger partial charge >= 0.3 is 0 Å². The van der Waals surface area contributed by atoms with Gasteiger partial charge in [0.15, 0.2) is 0 Å². The van der Waals surface area contributed by atoms with Crippen molar-refractivity contribution in [1.29, 1.82) is 0 Å². The minimum atomic E-state index is 0.125. The van der Waals surface area contributed by atoms with Crippen LogP contribution in [0.4, 0.5) is 0 Å². The lowest BCUT2D eigenvalue weighted by atomic mass is 9.83. The highest BCUT2D eigenvalue weighted by Gasteiger charge is 2.22. The van der Waals surface area contributed by atoms with Gasteiger partial charge in [0, 0.05) is 6.04 Å². The highest BCUT2D eigenvalue weighted by molar-refractivity contribution is 5.46. The fourth-order valence-corrected chi connectivity index (χ4v) is 2.90. The van der Waals surface area contributed by atoms with E-state index in [0.29, 0.717) is 6.04 Å². The predicted molar refractivity (Wildman–Crippen MR) is 81.2 cm³/mol. The van der Waals surface area contributed by atoms with Gasteiger partial charge in [-0.3, -0.25) is 0 Å². The number of ether oxygens (including phenoxy) is 1. The van der Waals surface area contributed by atoms with Crippen molar-refractivity contribution in [3.8, 4) is 5.75 Å². The summed E-state index contributed by atoms with van der Waals surface area (Å²) in [6.07, 6.45) is 3.72. The number of methoxy groups -OCH3 is 1. The van der Waals surface area contributed by atoms with E-state index in [1.54, 1.807) is 7.11 Å². The Morgan fingerprint density at radius 3 is 2.58 bits per heavy atom. The molecule has 1 unspecified atom stereocenters. The van der Waals surface area contributed by atoms with Crippen molar-refractivity contribution >= 4 is 0 Å². The van der Waals surface area contributed by atoms with E-state index in [9.17, 15) is 0 Å². The Morgan fingerprint density at radius 1 is 1.32 bits per heavy atom. The number of hydrogen-bond acceptors (Lipinski definition) is 2. The van der Waals surface area contributed by atoms with Gasteiger partial charge in [0.05, 0.1) is 7.11 Å². The van der Waals surface area contributed by atoms with Crippen LogP contribution in [0.25, 0.3) is 0 Å². The Morgan fingerprint density at radius 2 is 2.05 bits per heavy atom. The normalized spacial score (nSPS) is 19.7. The zero-order chi connectivity index (χ0) is 14.0. The Bertz CT molecular complexity index is 439. The van der Waals surface area contributed by atoms with E-state index >= 15 is 0 Å². The van der Waals surface area contributed by atoms with Gasteiger partial charge in [-0.25, -0.2) is 0 Å². The zero-order valence-electron chi connectivity index (χ0n) is 13.0. The monoisotopic (exact) mass is 261 g/mol. The van der Waals surface area contributed by atoms with E-state index < -0.39 is 0 Å². The molecule has 19 heavy (non-hydrogen) atoms. The maximum Gasteiger partial charge on any atom is 0.122 e. The highest BCUT2D eigenvalue weighted by Crippen LogP contribution is 2.34. The Kier molecular flexibility index (Phi) is 4.19. The summed E-state index contributed by atoms with van der Waals surface area (Å²) >= 11 is 0. The second-order valence-electron chi connectivity index (χ2n) is 6.73. The molecule has 1 aliphatic heterocycles. The van der Waals surface area contributed by atoms with E-state index in [2.05, 4.69) is 45.1 Å². The van der Waals surface area contributed by atoms with Crippen molar-refractivity contribution in [2.24, 2.45) is 0 Å². The van der Waals surface area contributed by atoms with Gasteiger partial charge in [-0.1, -0.05) is 26.8 Å². The van der Waals surface area contributed by atoms with Crippen molar-refractivity contribution in [3.05, 3.63) is 28.8 Å². The van der Waals surface area contributed by atoms with E-state index in [4.69, 9.17) is 4.74 Å². The first-order valence-electron chi connectivity index (χ1n) is 7.33. The molecule has 0 aliphatic carbocycles. The molecule has 1 atom stereocenters. The van der Waals surface area contributed by atoms with Gasteiger partial charge in [0.2, 0.25) is 0 Å². The van der Waals surface area contributed by atoms with Gasteiger partial charge < -0.3 is 10.1 Å². The van der Waals surface area contributed by atoms with E-state index in [-0.39, 0.29) is 5.41 Å². The molecule has 106 valence electrons. The quantitative estimate of drug-likeness (QED) is 0.897. The molecule has 1 aliphatic rings. The standard InChI is InChI=1S/C17H27NO/c1-12-9-15(17(2,3)4)16(19-5)11-13(12)10-14-7-6-8-18-14/h9,11,14,18H,6-8,10H2,1-5H3. The minimum Gasteiger partial charge on any atom is -0.496 e. The van der Waals surface area contributed by atoms with Crippen molar-refractivity contribution in [2.45, 2.75) is 58.4 Å². The van der Waals surface area contributed by atoms with Crippen molar-refractivity contribution < 1.29 is 4.74 Å². The zero-order valence-corrected chi connectivity index (χ0v) is 13.0. The maximum absolute atomic E-state index is 5.61. The van der Waals surface area contributed by atoms with Crippen LogP contribution in [0.3, 0.4) is 0 Å². The lowest BCUT2D eigenvalue weighted by Gasteiger charge is -2.24. The second-order valence-corrected chi connectivity index (χ2v) is 6.73. The molecule has 1 aromatic rings. The van der Waals surface area contributed by atoms with Crippen LogP contribution in [-0.2, 0) is 11.8 Å². The van der Waals surface area contributed by atoms with Gasteiger partial charge in [-0.05, 0) is 60.9 Å². The highest BCUT2D eigenvalue weighted by atomic mass is 16.5. The Hall–Kier alpha value is -1.02. The molecule has 2 nitrogen and oxygen atoms in total. The molecule has 1 saturated heterocycles. The van der Waals surface area contributed by atoms with Gasteiger partial charge in [0.1, 0.15) is 5.75 Å². The molecule has 1 heterocycles. The van der Waals surface area contributed by atoms with Gasteiger partial charge in [-0.15, -0.1) is 0 Å². The molecule has 2 rings (SSSR count). The third-order valence-electron chi connectivity index (χ3n) is 4.09. The molecule has 0 radical (unpaired) electrons. The van der Waals surface area contributed by atoms with Crippen LogP contribution >= 0.6 is 0 Å². The summed E-state index contributed by atoms with van der Waals surface area (Å²) in [7, 11) is 1.78. The summed E-state index contributed by atoms with van der Waals surface area (Å²) in [5, 5.41) is 3.57. The Labute approximate surface area is 117 Å². The van der Waals surface area contributed by atoms with E-state index in [1.165, 1.54) is 36.1 Å². The SMILES string of the molecule is COc1cc(CC2CCCN2)c(C)cc1C(C)(C)C. The van der Waals surface area contributed by atoms with Crippen LogP contribution in [0.2, 0.25) is 0 Å². The van der Waals surface area contributed by atoms with Crippen molar-refractivity contribution in [1.82, 2.24) is 5.32 Å². The first-order valence-corrected chi connectivity index (χ1v) is 7.33. The van der Waals surface area contributed by atoms with Crippen molar-refractivity contribution in [2.75, 3.05) is 13.7 Å². The maximum atomic E-state index is 5.61. The summed E-state index contributed by atoms with van der Waals surface area (Å²) < 4.78 is 5.61. The number of hydrogen-bond donors (Lipinski definition) is 1. The summed E-state index contributed by atoms with van der Waals surface area (Å²) in [6, 6.07) is 5.20. The predicted octanol–water partition coefficient (Wildman–Crippen LogP) is 3.60. The van der Waals surface area contributed by atoms with Gasteiger partial charge in [-0.2, -0.15) is 0 Å². The van der Waals surface area contributed by atoms with Gasteiger partial charge in [0.25, 0.3) is 0 Å². The molecule has 1 N–H and O–H groups in total. The van der Waals surface area contributed by atoms with Crippen LogP contribution in [0.1, 0.15) is 50.3 Å². The molecule has 0 amide bonds. The third-order valence-corrected chi connectivity index (χ3v) is 4.09. The van der Waals surface area contributed by atoms with Crippen molar-refractivity contribution in [3.63, 3.8) is 0 Å². The van der Waals surface area contributed by atoms with E-state index in [1.807, 2.05) is 0 Å². The van der Waals surface area contributed by atoms with Crippen LogP contribution in [0.5, 0.6) is 5.75 Å². The summed E-state index contributed by atoms with van der Waals surface area (Å²) in [4.78, 5) is 0. The number of benzene rings is 1. The van der Waals surface area contributed by atoms with Crippen LogP contribution in [0.15, 0.2) is 12.1 Å². The minimum absolute atomic E-state index is 0.125. The van der Waals surface area contributed by atoms with Crippen LogP contribution in [-0.4, -0.2) is 19.7 Å². The average molecular weight is 261 g/mol. The molecular weight excluding hydrogens is 234 g/mol. The largest absolute Gasteiger partial charge is 0.496 e. The van der Waals surface area contributed by atoms with Crippen LogP contribution in [0, 0.1) is 6.92 Å². The molecule has 1 aromatic carbocycles. The Balaban J connectivity index is 2.30. The number of aryl methyl sites for hydroxylation is 1. The number of nitrogens with one attached hydrogen (secondary N) is 1. The molecule has 0 aromatic heterocycles. The van der Waals surface area contributed by atoms with E-state index in [0.717, 1.165) is 12.2 Å². The first kappa shape index (κ1) is 14.4. The fourth-order valence-electron chi connectivity index (χ4n) is 2.90. The molecule has 2 heteroatoms. The molecule has 0 spiro atoms. The lowest BCUT2D eigenvalue weighted by Crippen LogP contribution is -2.24. The molecule has 0 saturated carbocycles. The fraction of sp³-hybridized carbons (Fsp3) is 0.647. The lowest BCUT2D eigenvalue weighted by molar-refractivity contribution is 0.396. The first-order chi connectivity index (χ1) is 8.91. The summed E-state index contributed by atoms with van der Waals surface area (Å²) in [5.41, 5.74) is 4.24. The third kappa shape index (κ3) is 3.30. The average Bonchev–Trinajstić information content (AvgIpc) is 2.83.